The van der Waals surface area contributed by atoms with E-state index in [1.807, 2.05) is 13.0 Å². The minimum atomic E-state index is -0.206. The van der Waals surface area contributed by atoms with E-state index in [9.17, 15) is 4.79 Å². The van der Waals surface area contributed by atoms with E-state index in [0.29, 0.717) is 22.4 Å². The Hall–Kier alpha value is -2.04. The lowest BCUT2D eigenvalue weighted by atomic mass is 10.1. The van der Waals surface area contributed by atoms with Crippen molar-refractivity contribution in [2.24, 2.45) is 5.10 Å². The van der Waals surface area contributed by atoms with Gasteiger partial charge in [-0.25, -0.2) is 5.43 Å². The van der Waals surface area contributed by atoms with Crippen LogP contribution in [0, 0.1) is 0 Å². The maximum Gasteiger partial charge on any atom is 0.244 e. The van der Waals surface area contributed by atoms with Crippen molar-refractivity contribution >= 4 is 35.3 Å². The molecule has 0 aliphatic heterocycles. The molecule has 2 aromatic rings. The number of halogens is 2. The van der Waals surface area contributed by atoms with Gasteiger partial charge in [0, 0.05) is 5.02 Å². The molecule has 2 rings (SSSR count). The van der Waals surface area contributed by atoms with Gasteiger partial charge in [-0.05, 0) is 47.9 Å². The Morgan fingerprint density at radius 1 is 1.21 bits per heavy atom. The quantitative estimate of drug-likeness (QED) is 0.581. The van der Waals surface area contributed by atoms with Crippen LogP contribution in [0.2, 0.25) is 10.0 Å². The van der Waals surface area contributed by atoms with E-state index in [-0.39, 0.29) is 12.3 Å². The number of ether oxygens (including phenoxy) is 1. The highest BCUT2D eigenvalue weighted by atomic mass is 35.5. The standard InChI is InChI=1S/C18H18Cl2N2O2/c1-2-9-24-17-8-5-14(10-16(17)20)12-21-22-18(23)11-13-3-6-15(19)7-4-13/h3-8,10,12H,2,9,11H2,1H3,(H,22,23)/b21-12-. The van der Waals surface area contributed by atoms with Crippen molar-refractivity contribution in [1.82, 2.24) is 5.43 Å². The summed E-state index contributed by atoms with van der Waals surface area (Å²) in [5.74, 6) is 0.435. The topological polar surface area (TPSA) is 50.7 Å². The number of hydrazone groups is 1. The number of benzene rings is 2. The molecule has 4 nitrogen and oxygen atoms in total. The first kappa shape index (κ1) is 18.3. The second kappa shape index (κ2) is 9.30. The first-order valence-corrected chi connectivity index (χ1v) is 8.32. The number of nitrogens with one attached hydrogen (secondary N) is 1. The van der Waals surface area contributed by atoms with Gasteiger partial charge in [0.1, 0.15) is 5.75 Å². The summed E-state index contributed by atoms with van der Waals surface area (Å²) in [5, 5.41) is 5.09. The summed E-state index contributed by atoms with van der Waals surface area (Å²) >= 11 is 11.9. The van der Waals surface area contributed by atoms with Crippen LogP contribution in [0.25, 0.3) is 0 Å². The van der Waals surface area contributed by atoms with Crippen LogP contribution >= 0.6 is 23.2 Å². The van der Waals surface area contributed by atoms with Crippen molar-refractivity contribution in [2.75, 3.05) is 6.61 Å². The maximum absolute atomic E-state index is 11.8. The van der Waals surface area contributed by atoms with Gasteiger partial charge < -0.3 is 4.74 Å². The number of hydrogen-bond donors (Lipinski definition) is 1. The SMILES string of the molecule is CCCOc1ccc(/C=N\NC(=O)Cc2ccc(Cl)cc2)cc1Cl. The van der Waals surface area contributed by atoms with Crippen LogP contribution in [-0.2, 0) is 11.2 Å². The zero-order valence-corrected chi connectivity index (χ0v) is 14.8. The number of hydrogen-bond acceptors (Lipinski definition) is 3. The zero-order valence-electron chi connectivity index (χ0n) is 13.3. The lowest BCUT2D eigenvalue weighted by Gasteiger charge is -2.06. The van der Waals surface area contributed by atoms with E-state index in [1.54, 1.807) is 36.4 Å². The molecule has 0 saturated heterocycles. The summed E-state index contributed by atoms with van der Waals surface area (Å²) in [6, 6.07) is 12.5. The number of rotatable bonds is 7. The fraction of sp³-hybridized carbons (Fsp3) is 0.222. The van der Waals surface area contributed by atoms with Gasteiger partial charge in [0.25, 0.3) is 0 Å². The Bertz CT molecular complexity index is 715. The number of carbonyl (C=O) groups excluding carboxylic acids is 1. The van der Waals surface area contributed by atoms with Gasteiger partial charge in [-0.15, -0.1) is 0 Å². The molecule has 0 heterocycles. The minimum Gasteiger partial charge on any atom is -0.492 e. The van der Waals surface area contributed by atoms with Crippen LogP contribution in [0.4, 0.5) is 0 Å². The highest BCUT2D eigenvalue weighted by Gasteiger charge is 2.03. The molecular formula is C18H18Cl2N2O2. The van der Waals surface area contributed by atoms with E-state index in [4.69, 9.17) is 27.9 Å². The van der Waals surface area contributed by atoms with E-state index in [1.165, 1.54) is 6.21 Å². The predicted molar refractivity (Wildman–Crippen MR) is 98.1 cm³/mol. The normalized spacial score (nSPS) is 10.8. The number of carbonyl (C=O) groups is 1. The van der Waals surface area contributed by atoms with Crippen molar-refractivity contribution in [3.63, 3.8) is 0 Å². The first-order valence-electron chi connectivity index (χ1n) is 7.57. The molecule has 0 spiro atoms. The van der Waals surface area contributed by atoms with Crippen molar-refractivity contribution in [2.45, 2.75) is 19.8 Å². The van der Waals surface area contributed by atoms with Gasteiger partial charge in [0.2, 0.25) is 5.91 Å². The van der Waals surface area contributed by atoms with E-state index in [2.05, 4.69) is 10.5 Å². The first-order chi connectivity index (χ1) is 11.6. The van der Waals surface area contributed by atoms with E-state index in [0.717, 1.165) is 17.5 Å². The van der Waals surface area contributed by atoms with Crippen LogP contribution in [-0.4, -0.2) is 18.7 Å². The molecule has 1 N–H and O–H groups in total. The third-order valence-corrected chi connectivity index (χ3v) is 3.65. The van der Waals surface area contributed by atoms with Crippen molar-refractivity contribution in [1.29, 1.82) is 0 Å². The molecular weight excluding hydrogens is 347 g/mol. The van der Waals surface area contributed by atoms with Gasteiger partial charge >= 0.3 is 0 Å². The molecule has 6 heteroatoms. The van der Waals surface area contributed by atoms with Gasteiger partial charge in [-0.1, -0.05) is 42.3 Å². The Morgan fingerprint density at radius 3 is 2.62 bits per heavy atom. The van der Waals surface area contributed by atoms with Crippen LogP contribution in [0.1, 0.15) is 24.5 Å². The molecule has 0 atom stereocenters. The average molecular weight is 365 g/mol. The third-order valence-electron chi connectivity index (χ3n) is 3.10. The molecule has 0 bridgehead atoms. The zero-order chi connectivity index (χ0) is 17.4. The molecule has 2 aromatic carbocycles. The monoisotopic (exact) mass is 364 g/mol. The predicted octanol–water partition coefficient (Wildman–Crippen LogP) is 4.48. The van der Waals surface area contributed by atoms with Crippen LogP contribution in [0.5, 0.6) is 5.75 Å². The molecule has 126 valence electrons. The Morgan fingerprint density at radius 2 is 1.96 bits per heavy atom. The second-order valence-corrected chi connectivity index (χ2v) is 5.98. The summed E-state index contributed by atoms with van der Waals surface area (Å²) < 4.78 is 5.50. The highest BCUT2D eigenvalue weighted by Crippen LogP contribution is 2.25. The molecule has 0 unspecified atom stereocenters. The maximum atomic E-state index is 11.8. The Balaban J connectivity index is 1.87. The molecule has 0 saturated carbocycles. The van der Waals surface area contributed by atoms with Crippen LogP contribution < -0.4 is 10.2 Å². The van der Waals surface area contributed by atoms with Gasteiger partial charge in [0.05, 0.1) is 24.3 Å². The summed E-state index contributed by atoms with van der Waals surface area (Å²) in [5.41, 5.74) is 4.13. The number of amides is 1. The fourth-order valence-corrected chi connectivity index (χ4v) is 2.30. The van der Waals surface area contributed by atoms with Gasteiger partial charge in [0.15, 0.2) is 0 Å². The van der Waals surface area contributed by atoms with Gasteiger partial charge in [-0.2, -0.15) is 5.10 Å². The second-order valence-electron chi connectivity index (χ2n) is 5.13. The number of nitrogens with zero attached hydrogens (tertiary/aromatic N) is 1. The fourth-order valence-electron chi connectivity index (χ4n) is 1.93. The van der Waals surface area contributed by atoms with Gasteiger partial charge in [-0.3, -0.25) is 4.79 Å². The lowest BCUT2D eigenvalue weighted by Crippen LogP contribution is -2.19. The van der Waals surface area contributed by atoms with Crippen molar-refractivity contribution in [3.8, 4) is 5.75 Å². The summed E-state index contributed by atoms with van der Waals surface area (Å²) in [6.07, 6.45) is 2.69. The molecule has 0 aliphatic rings. The molecule has 1 amide bonds. The molecule has 0 fully saturated rings. The van der Waals surface area contributed by atoms with Crippen molar-refractivity contribution in [3.05, 3.63) is 63.6 Å². The van der Waals surface area contributed by atoms with Crippen LogP contribution in [0.3, 0.4) is 0 Å². The third kappa shape index (κ3) is 5.87. The summed E-state index contributed by atoms with van der Waals surface area (Å²) in [4.78, 5) is 11.8. The molecule has 0 aliphatic carbocycles. The summed E-state index contributed by atoms with van der Waals surface area (Å²) in [6.45, 7) is 2.65. The lowest BCUT2D eigenvalue weighted by molar-refractivity contribution is -0.120. The smallest absolute Gasteiger partial charge is 0.244 e. The average Bonchev–Trinajstić information content (AvgIpc) is 2.56. The van der Waals surface area contributed by atoms with E-state index >= 15 is 0 Å². The Kier molecular flexibility index (Phi) is 7.09. The van der Waals surface area contributed by atoms with Crippen molar-refractivity contribution < 1.29 is 9.53 Å². The minimum absolute atomic E-state index is 0.206. The Labute approximate surface area is 151 Å². The molecule has 0 aromatic heterocycles. The largest absolute Gasteiger partial charge is 0.492 e. The molecule has 24 heavy (non-hydrogen) atoms. The highest BCUT2D eigenvalue weighted by molar-refractivity contribution is 6.32. The molecule has 0 radical (unpaired) electrons. The summed E-state index contributed by atoms with van der Waals surface area (Å²) in [7, 11) is 0. The van der Waals surface area contributed by atoms with E-state index < -0.39 is 0 Å². The van der Waals surface area contributed by atoms with Crippen LogP contribution in [0.15, 0.2) is 47.6 Å².